The van der Waals surface area contributed by atoms with Gasteiger partial charge in [-0.05, 0) is 35.2 Å². The number of benzene rings is 3. The average molecular weight is 418 g/mol. The first-order chi connectivity index (χ1) is 15.0. The van der Waals surface area contributed by atoms with Gasteiger partial charge >= 0.3 is 17.9 Å². The van der Waals surface area contributed by atoms with E-state index < -0.39 is 17.9 Å². The summed E-state index contributed by atoms with van der Waals surface area (Å²) in [5.41, 5.74) is 1.98. The molecule has 0 saturated carbocycles. The van der Waals surface area contributed by atoms with Crippen LogP contribution in [0.2, 0.25) is 0 Å². The van der Waals surface area contributed by atoms with Gasteiger partial charge in [-0.15, -0.1) is 0 Å². The van der Waals surface area contributed by atoms with Crippen LogP contribution in [0.3, 0.4) is 0 Å². The average Bonchev–Trinajstić information content (AvgIpc) is 2.82. The van der Waals surface area contributed by atoms with Crippen LogP contribution in [0.4, 0.5) is 0 Å². The number of esters is 3. The maximum Gasteiger partial charge on any atom is 0.339 e. The fourth-order valence-corrected chi connectivity index (χ4v) is 3.41. The van der Waals surface area contributed by atoms with Crippen molar-refractivity contribution in [3.63, 3.8) is 0 Å². The topological polar surface area (TPSA) is 78.9 Å². The van der Waals surface area contributed by atoms with Gasteiger partial charge in [0.1, 0.15) is 0 Å². The van der Waals surface area contributed by atoms with E-state index in [2.05, 4.69) is 0 Å². The lowest BCUT2D eigenvalue weighted by Crippen LogP contribution is -2.21. The number of carbonyl (C=O) groups is 3. The highest BCUT2D eigenvalue weighted by Crippen LogP contribution is 2.37. The van der Waals surface area contributed by atoms with Crippen molar-refractivity contribution in [1.82, 2.24) is 0 Å². The van der Waals surface area contributed by atoms with E-state index in [1.165, 1.54) is 14.2 Å². The van der Waals surface area contributed by atoms with Crippen molar-refractivity contribution < 1.29 is 28.6 Å². The minimum Gasteiger partial charge on any atom is -0.465 e. The van der Waals surface area contributed by atoms with Gasteiger partial charge in [0.05, 0.1) is 37.5 Å². The Bertz CT molecular complexity index is 1100. The second-order valence-corrected chi connectivity index (χ2v) is 6.53. The molecule has 0 aliphatic rings. The number of carbonyl (C=O) groups excluding carboxylic acids is 3. The molecule has 0 bridgehead atoms. The summed E-state index contributed by atoms with van der Waals surface area (Å²) >= 11 is 0. The first-order valence-electron chi connectivity index (χ1n) is 9.69. The first-order valence-corrected chi connectivity index (χ1v) is 9.69. The van der Waals surface area contributed by atoms with Crippen LogP contribution in [-0.2, 0) is 14.2 Å². The molecule has 0 aliphatic carbocycles. The summed E-state index contributed by atoms with van der Waals surface area (Å²) in [5, 5.41) is 0. The Morgan fingerprint density at radius 2 is 1.06 bits per heavy atom. The molecule has 0 atom stereocenters. The zero-order chi connectivity index (χ0) is 22.4. The highest BCUT2D eigenvalue weighted by Gasteiger charge is 2.33. The number of hydrogen-bond donors (Lipinski definition) is 0. The molecule has 0 unspecified atom stereocenters. The first kappa shape index (κ1) is 21.8. The minimum absolute atomic E-state index is 0.0417. The van der Waals surface area contributed by atoms with E-state index in [0.29, 0.717) is 22.3 Å². The van der Waals surface area contributed by atoms with Crippen LogP contribution in [0.1, 0.15) is 38.0 Å². The molecule has 6 heteroatoms. The lowest BCUT2D eigenvalue weighted by Gasteiger charge is -2.20. The van der Waals surface area contributed by atoms with E-state index in [4.69, 9.17) is 14.2 Å². The van der Waals surface area contributed by atoms with Gasteiger partial charge in [0.15, 0.2) is 0 Å². The Balaban J connectivity index is 2.52. The molecule has 3 aromatic carbocycles. The van der Waals surface area contributed by atoms with Gasteiger partial charge in [0.2, 0.25) is 0 Å². The summed E-state index contributed by atoms with van der Waals surface area (Å²) in [6.07, 6.45) is 0. The second-order valence-electron chi connectivity index (χ2n) is 6.53. The molecule has 0 spiro atoms. The van der Waals surface area contributed by atoms with Gasteiger partial charge in [-0.2, -0.15) is 0 Å². The smallest absolute Gasteiger partial charge is 0.339 e. The van der Waals surface area contributed by atoms with E-state index in [1.54, 1.807) is 13.0 Å². The van der Waals surface area contributed by atoms with Gasteiger partial charge in [-0.25, -0.2) is 14.4 Å². The third-order valence-electron chi connectivity index (χ3n) is 4.76. The number of hydrogen-bond acceptors (Lipinski definition) is 6. The van der Waals surface area contributed by atoms with Gasteiger partial charge < -0.3 is 14.2 Å². The maximum absolute atomic E-state index is 13.0. The van der Waals surface area contributed by atoms with Crippen LogP contribution in [-0.4, -0.2) is 38.7 Å². The second kappa shape index (κ2) is 9.71. The van der Waals surface area contributed by atoms with Crippen molar-refractivity contribution in [3.8, 4) is 22.3 Å². The fraction of sp³-hybridized carbons (Fsp3) is 0.160. The predicted molar refractivity (Wildman–Crippen MR) is 116 cm³/mol. The van der Waals surface area contributed by atoms with Crippen LogP contribution in [0.5, 0.6) is 0 Å². The molecule has 3 aromatic rings. The van der Waals surface area contributed by atoms with Crippen LogP contribution < -0.4 is 0 Å². The Morgan fingerprint density at radius 3 is 1.48 bits per heavy atom. The zero-order valence-electron chi connectivity index (χ0n) is 17.5. The van der Waals surface area contributed by atoms with Gasteiger partial charge in [0, 0.05) is 0 Å². The van der Waals surface area contributed by atoms with Crippen LogP contribution in [0.25, 0.3) is 22.3 Å². The Kier molecular flexibility index (Phi) is 6.82. The lowest BCUT2D eigenvalue weighted by molar-refractivity contribution is 0.0500. The van der Waals surface area contributed by atoms with E-state index in [1.807, 2.05) is 60.7 Å². The summed E-state index contributed by atoms with van der Waals surface area (Å²) in [6, 6.07) is 19.9. The molecule has 3 rings (SSSR count). The molecular weight excluding hydrogens is 396 g/mol. The maximum atomic E-state index is 13.0. The summed E-state index contributed by atoms with van der Waals surface area (Å²) in [5.74, 6) is -2.32. The van der Waals surface area contributed by atoms with Crippen LogP contribution in [0, 0.1) is 0 Å². The predicted octanol–water partition coefficient (Wildman–Crippen LogP) is 4.77. The summed E-state index contributed by atoms with van der Waals surface area (Å²) in [4.78, 5) is 38.8. The van der Waals surface area contributed by atoms with Crippen molar-refractivity contribution in [3.05, 3.63) is 83.4 Å². The molecular formula is C25H22O6. The van der Waals surface area contributed by atoms with E-state index in [9.17, 15) is 14.4 Å². The largest absolute Gasteiger partial charge is 0.465 e. The van der Waals surface area contributed by atoms with Crippen LogP contribution >= 0.6 is 0 Å². The number of ether oxygens (including phenoxy) is 3. The molecule has 0 fully saturated rings. The number of rotatable bonds is 6. The van der Waals surface area contributed by atoms with Gasteiger partial charge in [-0.3, -0.25) is 0 Å². The normalized spacial score (nSPS) is 10.3. The van der Waals surface area contributed by atoms with Crippen molar-refractivity contribution in [1.29, 1.82) is 0 Å². The molecule has 0 aromatic heterocycles. The molecule has 0 aliphatic heterocycles. The zero-order valence-corrected chi connectivity index (χ0v) is 17.5. The highest BCUT2D eigenvalue weighted by atomic mass is 16.5. The summed E-state index contributed by atoms with van der Waals surface area (Å²) in [6.45, 7) is 1.76. The van der Waals surface area contributed by atoms with Crippen LogP contribution in [0.15, 0.2) is 66.7 Å². The van der Waals surface area contributed by atoms with Crippen molar-refractivity contribution in [2.45, 2.75) is 6.92 Å². The van der Waals surface area contributed by atoms with Gasteiger partial charge in [0.25, 0.3) is 0 Å². The SMILES string of the molecule is CCOC(=O)c1c(-c2ccccc2)cc(-c2ccccc2)c(C(=O)OC)c1C(=O)OC. The standard InChI is InChI=1S/C25H22O6/c1-4-31-25(28)21-19(17-13-9-6-10-14-17)15-18(16-11-7-5-8-12-16)20(23(26)29-2)22(21)24(27)30-3/h5-15H,4H2,1-3H3. The van der Waals surface area contributed by atoms with Crippen molar-refractivity contribution >= 4 is 17.9 Å². The molecule has 0 saturated heterocycles. The molecule has 0 N–H and O–H groups in total. The monoisotopic (exact) mass is 418 g/mol. The quantitative estimate of drug-likeness (QED) is 0.424. The minimum atomic E-state index is -0.835. The third kappa shape index (κ3) is 4.33. The molecule has 0 radical (unpaired) electrons. The molecule has 6 nitrogen and oxygen atoms in total. The Morgan fingerprint density at radius 1 is 0.645 bits per heavy atom. The highest BCUT2D eigenvalue weighted by molar-refractivity contribution is 6.16. The Hall–Kier alpha value is -3.93. The molecule has 158 valence electrons. The van der Waals surface area contributed by atoms with E-state index >= 15 is 0 Å². The molecule has 31 heavy (non-hydrogen) atoms. The van der Waals surface area contributed by atoms with E-state index in [-0.39, 0.29) is 23.3 Å². The van der Waals surface area contributed by atoms with Crippen molar-refractivity contribution in [2.24, 2.45) is 0 Å². The molecule has 0 amide bonds. The lowest BCUT2D eigenvalue weighted by atomic mass is 9.85. The third-order valence-corrected chi connectivity index (χ3v) is 4.76. The van der Waals surface area contributed by atoms with E-state index in [0.717, 1.165) is 0 Å². The summed E-state index contributed by atoms with van der Waals surface area (Å²) in [7, 11) is 2.41. The molecule has 0 heterocycles. The van der Waals surface area contributed by atoms with Gasteiger partial charge in [-0.1, -0.05) is 60.7 Å². The Labute approximate surface area is 180 Å². The summed E-state index contributed by atoms with van der Waals surface area (Å²) < 4.78 is 15.2. The van der Waals surface area contributed by atoms with Crippen molar-refractivity contribution in [2.75, 3.05) is 20.8 Å². The fourth-order valence-electron chi connectivity index (χ4n) is 3.41. The number of methoxy groups -OCH3 is 2.